The third kappa shape index (κ3) is 4.95. The fourth-order valence-electron chi connectivity index (χ4n) is 1.68. The highest BCUT2D eigenvalue weighted by molar-refractivity contribution is 5.86. The van der Waals surface area contributed by atoms with Crippen LogP contribution in [-0.4, -0.2) is 17.0 Å². The van der Waals surface area contributed by atoms with E-state index in [1.165, 1.54) is 12.3 Å². The second-order valence-corrected chi connectivity index (χ2v) is 4.16. The number of hydrogen-bond donors (Lipinski definition) is 1. The molecular weight excluding hydrogens is 308 g/mol. The van der Waals surface area contributed by atoms with Gasteiger partial charge in [0.05, 0.1) is 16.7 Å². The van der Waals surface area contributed by atoms with Gasteiger partial charge in [0.1, 0.15) is 0 Å². The molecule has 2 rings (SSSR count). The normalized spacial score (nSPS) is 10.0. The summed E-state index contributed by atoms with van der Waals surface area (Å²) in [5, 5.41) is 14.6. The van der Waals surface area contributed by atoms with Gasteiger partial charge >= 0.3 is 5.91 Å². The number of pyridine rings is 1. The van der Waals surface area contributed by atoms with Crippen LogP contribution in [0.25, 0.3) is 0 Å². The van der Waals surface area contributed by atoms with Crippen molar-refractivity contribution in [2.45, 2.75) is 6.54 Å². The van der Waals surface area contributed by atoms with Crippen LogP contribution >= 0.6 is 0 Å². The number of carbonyl (C=O) groups is 1. The second kappa shape index (κ2) is 8.48. The average Bonchev–Trinajstić information content (AvgIpc) is 2.48. The molecule has 0 radical (unpaired) electrons. The zero-order valence-electron chi connectivity index (χ0n) is 11.4. The standard InChI is InChI=1S/C14H12N4O3.ClH/c19-14(11-17-8-4-1-5-9-17)16-15-10-12-6-2-3-7-13(12)18(20)21;/h1-10H,11H2;1H. The van der Waals surface area contributed by atoms with Gasteiger partial charge in [-0.2, -0.15) is 9.67 Å². The van der Waals surface area contributed by atoms with Crippen LogP contribution in [-0.2, 0) is 11.3 Å². The van der Waals surface area contributed by atoms with E-state index in [2.05, 4.69) is 10.5 Å². The van der Waals surface area contributed by atoms with Crippen LogP contribution in [0.5, 0.6) is 0 Å². The first-order chi connectivity index (χ1) is 10.2. The molecule has 1 aromatic carbocycles. The Balaban J connectivity index is 0.00000242. The summed E-state index contributed by atoms with van der Waals surface area (Å²) >= 11 is 0. The SMILES string of the molecule is O=C(C[n+]1ccccc1)NN=Cc1ccccc1[N+](=O)[O-].[Cl-]. The molecule has 0 aliphatic rings. The van der Waals surface area contributed by atoms with E-state index in [0.29, 0.717) is 5.56 Å². The van der Waals surface area contributed by atoms with Crippen molar-refractivity contribution in [3.8, 4) is 0 Å². The number of carbonyl (C=O) groups excluding carboxylic acids is 1. The van der Waals surface area contributed by atoms with Gasteiger partial charge in [-0.05, 0) is 6.07 Å². The molecule has 1 aromatic heterocycles. The molecule has 22 heavy (non-hydrogen) atoms. The Bertz CT molecular complexity index is 677. The predicted octanol–water partition coefficient (Wildman–Crippen LogP) is -1.96. The lowest BCUT2D eigenvalue weighted by molar-refractivity contribution is -0.684. The van der Waals surface area contributed by atoms with Crippen molar-refractivity contribution in [1.29, 1.82) is 0 Å². The summed E-state index contributed by atoms with van der Waals surface area (Å²) in [4.78, 5) is 22.0. The van der Waals surface area contributed by atoms with Gasteiger partial charge in [0.15, 0.2) is 12.4 Å². The number of nitrogens with zero attached hydrogens (tertiary/aromatic N) is 3. The Morgan fingerprint density at radius 2 is 1.91 bits per heavy atom. The summed E-state index contributed by atoms with van der Waals surface area (Å²) in [6.07, 6.45) is 4.77. The maximum absolute atomic E-state index is 11.6. The van der Waals surface area contributed by atoms with Crippen LogP contribution in [0.3, 0.4) is 0 Å². The summed E-state index contributed by atoms with van der Waals surface area (Å²) < 4.78 is 1.69. The maximum atomic E-state index is 11.6. The average molecular weight is 321 g/mol. The minimum absolute atomic E-state index is 0. The topological polar surface area (TPSA) is 88.5 Å². The van der Waals surface area contributed by atoms with Crippen LogP contribution in [0.4, 0.5) is 5.69 Å². The van der Waals surface area contributed by atoms with Crippen LogP contribution < -0.4 is 22.4 Å². The minimum atomic E-state index is -0.497. The summed E-state index contributed by atoms with van der Waals surface area (Å²) in [7, 11) is 0. The number of halogens is 1. The molecule has 0 bridgehead atoms. The molecule has 114 valence electrons. The Labute approximate surface area is 132 Å². The molecule has 0 saturated heterocycles. The van der Waals surface area contributed by atoms with Gasteiger partial charge in [-0.15, -0.1) is 0 Å². The van der Waals surface area contributed by atoms with Gasteiger partial charge in [-0.3, -0.25) is 14.9 Å². The molecule has 2 aromatic rings. The van der Waals surface area contributed by atoms with Gasteiger partial charge in [-0.25, -0.2) is 5.43 Å². The summed E-state index contributed by atoms with van der Waals surface area (Å²) in [6.45, 7) is 0.120. The van der Waals surface area contributed by atoms with Crippen LogP contribution in [0, 0.1) is 10.1 Å². The van der Waals surface area contributed by atoms with E-state index in [0.717, 1.165) is 0 Å². The largest absolute Gasteiger partial charge is 1.00 e. The van der Waals surface area contributed by atoms with Crippen molar-refractivity contribution in [1.82, 2.24) is 5.43 Å². The number of hydrogen-bond acceptors (Lipinski definition) is 4. The Morgan fingerprint density at radius 1 is 1.23 bits per heavy atom. The predicted molar refractivity (Wildman–Crippen MR) is 75.5 cm³/mol. The molecule has 0 saturated carbocycles. The van der Waals surface area contributed by atoms with Crippen molar-refractivity contribution < 1.29 is 26.7 Å². The number of nitro benzene ring substituents is 1. The highest BCUT2D eigenvalue weighted by Crippen LogP contribution is 2.14. The quantitative estimate of drug-likeness (QED) is 0.300. The van der Waals surface area contributed by atoms with Gasteiger partial charge in [0.2, 0.25) is 6.54 Å². The summed E-state index contributed by atoms with van der Waals surface area (Å²) in [6, 6.07) is 11.6. The lowest BCUT2D eigenvalue weighted by atomic mass is 10.2. The first-order valence-corrected chi connectivity index (χ1v) is 6.16. The fraction of sp³-hybridized carbons (Fsp3) is 0.0714. The molecule has 0 fully saturated rings. The molecule has 8 heteroatoms. The molecule has 1 heterocycles. The lowest BCUT2D eigenvalue weighted by Crippen LogP contribution is -3.00. The molecule has 7 nitrogen and oxygen atoms in total. The number of amides is 1. The highest BCUT2D eigenvalue weighted by Gasteiger charge is 2.10. The lowest BCUT2D eigenvalue weighted by Gasteiger charge is -1.97. The number of benzene rings is 1. The fourth-order valence-corrected chi connectivity index (χ4v) is 1.68. The van der Waals surface area contributed by atoms with Gasteiger partial charge in [0, 0.05) is 18.2 Å². The second-order valence-electron chi connectivity index (χ2n) is 4.16. The van der Waals surface area contributed by atoms with Gasteiger partial charge in [0.25, 0.3) is 5.69 Å². The Morgan fingerprint density at radius 3 is 2.59 bits per heavy atom. The molecule has 1 N–H and O–H groups in total. The number of para-hydroxylation sites is 1. The van der Waals surface area contributed by atoms with Crippen LogP contribution in [0.2, 0.25) is 0 Å². The molecule has 0 spiro atoms. The molecule has 0 aliphatic carbocycles. The molecule has 0 unspecified atom stereocenters. The maximum Gasteiger partial charge on any atom is 0.305 e. The van der Waals surface area contributed by atoms with Gasteiger partial charge in [-0.1, -0.05) is 18.2 Å². The zero-order chi connectivity index (χ0) is 15.1. The number of rotatable bonds is 5. The minimum Gasteiger partial charge on any atom is -1.00 e. The smallest absolute Gasteiger partial charge is 0.305 e. The number of nitrogens with one attached hydrogen (secondary N) is 1. The van der Waals surface area contributed by atoms with E-state index >= 15 is 0 Å². The van der Waals surface area contributed by atoms with Crippen molar-refractivity contribution in [3.63, 3.8) is 0 Å². The zero-order valence-corrected chi connectivity index (χ0v) is 12.2. The molecule has 0 aliphatic heterocycles. The van der Waals surface area contributed by atoms with E-state index in [-0.39, 0.29) is 30.5 Å². The summed E-state index contributed by atoms with van der Waals surface area (Å²) in [5.41, 5.74) is 2.60. The number of hydrazone groups is 1. The molecule has 0 atom stereocenters. The van der Waals surface area contributed by atoms with Gasteiger partial charge < -0.3 is 12.4 Å². The Kier molecular flexibility index (Phi) is 6.65. The Hall–Kier alpha value is -2.80. The number of aromatic nitrogens is 1. The highest BCUT2D eigenvalue weighted by atomic mass is 35.5. The molecule has 1 amide bonds. The number of nitro groups is 1. The third-order valence-corrected chi connectivity index (χ3v) is 2.63. The van der Waals surface area contributed by atoms with Crippen molar-refractivity contribution >= 4 is 17.8 Å². The first kappa shape index (κ1) is 17.3. The van der Waals surface area contributed by atoms with Crippen molar-refractivity contribution in [2.75, 3.05) is 0 Å². The van der Waals surface area contributed by atoms with E-state index in [1.54, 1.807) is 35.2 Å². The third-order valence-electron chi connectivity index (χ3n) is 2.63. The summed E-state index contributed by atoms with van der Waals surface area (Å²) in [5.74, 6) is -0.318. The van der Waals surface area contributed by atoms with Crippen molar-refractivity contribution in [2.24, 2.45) is 5.10 Å². The van der Waals surface area contributed by atoms with E-state index in [9.17, 15) is 14.9 Å². The van der Waals surface area contributed by atoms with Crippen molar-refractivity contribution in [3.05, 3.63) is 70.5 Å². The molecular formula is C14H13ClN4O3. The first-order valence-electron chi connectivity index (χ1n) is 6.16. The van der Waals surface area contributed by atoms with E-state index in [4.69, 9.17) is 0 Å². The van der Waals surface area contributed by atoms with E-state index in [1.807, 2.05) is 18.2 Å². The van der Waals surface area contributed by atoms with Crippen LogP contribution in [0.1, 0.15) is 5.56 Å². The monoisotopic (exact) mass is 320 g/mol. The van der Waals surface area contributed by atoms with E-state index < -0.39 is 4.92 Å². The van der Waals surface area contributed by atoms with Crippen LogP contribution in [0.15, 0.2) is 60.0 Å².